The zero-order valence-electron chi connectivity index (χ0n) is 30.3. The van der Waals surface area contributed by atoms with E-state index in [-0.39, 0.29) is 0 Å². The van der Waals surface area contributed by atoms with E-state index >= 15 is 0 Å². The minimum Gasteiger partial charge on any atom is -0.455 e. The van der Waals surface area contributed by atoms with Crippen molar-refractivity contribution >= 4 is 43.7 Å². The summed E-state index contributed by atoms with van der Waals surface area (Å²) >= 11 is 0. The van der Waals surface area contributed by atoms with E-state index in [4.69, 9.17) is 14.4 Å². The summed E-state index contributed by atoms with van der Waals surface area (Å²) < 4.78 is 8.83. The van der Waals surface area contributed by atoms with Crippen molar-refractivity contribution < 1.29 is 4.42 Å². The molecule has 0 spiro atoms. The second-order valence-electron chi connectivity index (χ2n) is 14.2. The van der Waals surface area contributed by atoms with Gasteiger partial charge in [0.1, 0.15) is 11.2 Å². The third kappa shape index (κ3) is 5.31. The topological polar surface area (TPSA) is 43.9 Å². The third-order valence-electron chi connectivity index (χ3n) is 10.8. The summed E-state index contributed by atoms with van der Waals surface area (Å²) in [5.74, 6) is 0.703. The number of hydrogen-bond donors (Lipinski definition) is 0. The van der Waals surface area contributed by atoms with Crippen molar-refractivity contribution in [1.29, 1.82) is 0 Å². The summed E-state index contributed by atoms with van der Waals surface area (Å²) in [5, 5.41) is 4.65. The van der Waals surface area contributed by atoms with Crippen LogP contribution in [-0.2, 0) is 0 Å². The summed E-state index contributed by atoms with van der Waals surface area (Å²) in [7, 11) is 0. The molecule has 8 aromatic carbocycles. The molecule has 0 radical (unpaired) electrons. The van der Waals surface area contributed by atoms with E-state index in [2.05, 4.69) is 168 Å². The summed E-state index contributed by atoms with van der Waals surface area (Å²) in [4.78, 5) is 10.2. The van der Waals surface area contributed by atoms with Crippen molar-refractivity contribution in [3.05, 3.63) is 200 Å². The number of benzene rings is 8. The number of hydrogen-bond acceptors (Lipinski definition) is 3. The van der Waals surface area contributed by atoms with Crippen LogP contribution >= 0.6 is 0 Å². The normalized spacial score (nSPS) is 11.6. The first-order valence-electron chi connectivity index (χ1n) is 18.9. The smallest absolute Gasteiger partial charge is 0.160 e. The average molecular weight is 716 g/mol. The largest absolute Gasteiger partial charge is 0.455 e. The lowest BCUT2D eigenvalue weighted by Gasteiger charge is -2.14. The maximum atomic E-state index is 6.45. The Bertz CT molecular complexity index is 3190. The highest BCUT2D eigenvalue weighted by atomic mass is 16.3. The fourth-order valence-electron chi connectivity index (χ4n) is 8.22. The second kappa shape index (κ2) is 13.1. The lowest BCUT2D eigenvalue weighted by atomic mass is 9.95. The summed E-state index contributed by atoms with van der Waals surface area (Å²) in [6.45, 7) is 0. The van der Waals surface area contributed by atoms with Crippen molar-refractivity contribution in [2.24, 2.45) is 0 Å². The number of rotatable bonds is 6. The summed E-state index contributed by atoms with van der Waals surface area (Å²) in [6.07, 6.45) is 0. The predicted octanol–water partition coefficient (Wildman–Crippen LogP) is 13.8. The highest BCUT2D eigenvalue weighted by Gasteiger charge is 2.18. The average Bonchev–Trinajstić information content (AvgIpc) is 3.83. The van der Waals surface area contributed by atoms with Gasteiger partial charge in [-0.3, -0.25) is 0 Å². The van der Waals surface area contributed by atoms with E-state index in [0.717, 1.165) is 89.0 Å². The molecule has 0 saturated carbocycles. The van der Waals surface area contributed by atoms with Gasteiger partial charge in [-0.05, 0) is 59.2 Å². The highest BCUT2D eigenvalue weighted by molar-refractivity contribution is 6.12. The Morgan fingerprint density at radius 1 is 0.357 bits per heavy atom. The lowest BCUT2D eigenvalue weighted by Crippen LogP contribution is -1.97. The van der Waals surface area contributed by atoms with Crippen molar-refractivity contribution in [3.8, 4) is 61.8 Å². The van der Waals surface area contributed by atoms with E-state index in [1.165, 1.54) is 10.8 Å². The zero-order valence-corrected chi connectivity index (χ0v) is 30.3. The molecule has 0 aliphatic carbocycles. The summed E-state index contributed by atoms with van der Waals surface area (Å²) in [6, 6.07) is 70.3. The van der Waals surface area contributed by atoms with Crippen molar-refractivity contribution in [1.82, 2.24) is 14.5 Å². The Labute approximate surface area is 323 Å². The third-order valence-corrected chi connectivity index (χ3v) is 10.8. The van der Waals surface area contributed by atoms with E-state index < -0.39 is 0 Å². The van der Waals surface area contributed by atoms with Gasteiger partial charge in [0.25, 0.3) is 0 Å². The predicted molar refractivity (Wildman–Crippen MR) is 231 cm³/mol. The standard InChI is InChI=1S/C52H33N3O/c1-3-15-34(16-4-1)46-33-47(54-52(53-46)35-17-5-2-6-18-35)41-22-8-7-21-39(41)37-29-30-49-45(32-37)42-23-9-11-27-48(42)55(49)38-20-13-19-36(31-38)40-25-14-26-44-43-24-10-12-28-50(43)56-51(40)44/h1-33H. The molecule has 0 fully saturated rings. The number of fused-ring (bicyclic) bond motifs is 6. The molecule has 0 unspecified atom stereocenters. The SMILES string of the molecule is c1ccc(-c2cc(-c3ccccc3-c3ccc4c(c3)c3ccccc3n4-c3cccc(-c4cccc5c4oc4ccccc45)c3)nc(-c3ccccc3)n2)cc1. The number of para-hydroxylation sites is 3. The molecule has 0 aliphatic rings. The van der Waals surface area contributed by atoms with Gasteiger partial charge in [0.15, 0.2) is 5.82 Å². The van der Waals surface area contributed by atoms with Crippen LogP contribution < -0.4 is 0 Å². The van der Waals surface area contributed by atoms with Crippen LogP contribution in [0.1, 0.15) is 0 Å². The Morgan fingerprint density at radius 3 is 1.82 bits per heavy atom. The molecule has 0 saturated heterocycles. The van der Waals surface area contributed by atoms with Crippen molar-refractivity contribution in [2.75, 3.05) is 0 Å². The monoisotopic (exact) mass is 715 g/mol. The number of aromatic nitrogens is 3. The minimum absolute atomic E-state index is 0.703. The fraction of sp³-hybridized carbons (Fsp3) is 0. The van der Waals surface area contributed by atoms with Gasteiger partial charge >= 0.3 is 0 Å². The lowest BCUT2D eigenvalue weighted by molar-refractivity contribution is 0.670. The minimum atomic E-state index is 0.703. The van der Waals surface area contributed by atoms with Crippen LogP contribution in [-0.4, -0.2) is 14.5 Å². The Kier molecular flexibility index (Phi) is 7.46. The van der Waals surface area contributed by atoms with E-state index in [0.29, 0.717) is 5.82 Å². The van der Waals surface area contributed by atoms with Crippen LogP contribution in [0.25, 0.3) is 106 Å². The Hall–Kier alpha value is -7.56. The van der Waals surface area contributed by atoms with Crippen LogP contribution in [0.4, 0.5) is 0 Å². The van der Waals surface area contributed by atoms with Crippen LogP contribution in [0.15, 0.2) is 205 Å². The molecule has 0 bridgehead atoms. The first-order chi connectivity index (χ1) is 27.8. The van der Waals surface area contributed by atoms with Crippen LogP contribution in [0.5, 0.6) is 0 Å². The molecule has 0 aliphatic heterocycles. The zero-order chi connectivity index (χ0) is 37.0. The molecule has 56 heavy (non-hydrogen) atoms. The van der Waals surface area contributed by atoms with Gasteiger partial charge in [-0.1, -0.05) is 158 Å². The van der Waals surface area contributed by atoms with Gasteiger partial charge in [0.05, 0.1) is 22.4 Å². The summed E-state index contributed by atoms with van der Waals surface area (Å²) in [5.41, 5.74) is 14.5. The maximum absolute atomic E-state index is 6.45. The van der Waals surface area contributed by atoms with Crippen LogP contribution in [0.3, 0.4) is 0 Å². The molecule has 3 heterocycles. The molecule has 262 valence electrons. The van der Waals surface area contributed by atoms with Crippen LogP contribution in [0.2, 0.25) is 0 Å². The molecule has 4 heteroatoms. The number of nitrogens with zero attached hydrogens (tertiary/aromatic N) is 3. The highest BCUT2D eigenvalue weighted by Crippen LogP contribution is 2.40. The first-order valence-corrected chi connectivity index (χ1v) is 18.9. The van der Waals surface area contributed by atoms with Gasteiger partial charge in [-0.15, -0.1) is 0 Å². The maximum Gasteiger partial charge on any atom is 0.160 e. The van der Waals surface area contributed by atoms with E-state index in [1.54, 1.807) is 0 Å². The van der Waals surface area contributed by atoms with Gasteiger partial charge in [0.2, 0.25) is 0 Å². The van der Waals surface area contributed by atoms with E-state index in [9.17, 15) is 0 Å². The molecule has 4 nitrogen and oxygen atoms in total. The molecule has 3 aromatic heterocycles. The first kappa shape index (κ1) is 31.9. The van der Waals surface area contributed by atoms with Gasteiger partial charge in [-0.2, -0.15) is 0 Å². The number of furan rings is 1. The molecular formula is C52H33N3O. The fourth-order valence-corrected chi connectivity index (χ4v) is 8.22. The molecule has 11 rings (SSSR count). The molecule has 0 atom stereocenters. The van der Waals surface area contributed by atoms with E-state index in [1.807, 2.05) is 36.4 Å². The van der Waals surface area contributed by atoms with Crippen LogP contribution in [0, 0.1) is 0 Å². The van der Waals surface area contributed by atoms with Gasteiger partial charge < -0.3 is 8.98 Å². The molecular weight excluding hydrogens is 683 g/mol. The second-order valence-corrected chi connectivity index (χ2v) is 14.2. The van der Waals surface area contributed by atoms with Gasteiger partial charge in [-0.25, -0.2) is 9.97 Å². The van der Waals surface area contributed by atoms with Gasteiger partial charge in [0, 0.05) is 49.5 Å². The quantitative estimate of drug-likeness (QED) is 0.172. The molecule has 11 aromatic rings. The molecule has 0 N–H and O–H groups in total. The molecule has 0 amide bonds. The Balaban J connectivity index is 1.06. The van der Waals surface area contributed by atoms with Crippen molar-refractivity contribution in [2.45, 2.75) is 0 Å². The Morgan fingerprint density at radius 2 is 0.964 bits per heavy atom. The van der Waals surface area contributed by atoms with Crippen molar-refractivity contribution in [3.63, 3.8) is 0 Å².